The number of ether oxygens (including phenoxy) is 1. The molecule has 0 fully saturated rings. The Hall–Kier alpha value is -2.07. The number of sulfonamides is 1. The average molecular weight is 396 g/mol. The lowest BCUT2D eigenvalue weighted by atomic mass is 10.2. The van der Waals surface area contributed by atoms with E-state index in [1.54, 1.807) is 12.1 Å². The molecule has 0 spiro atoms. The summed E-state index contributed by atoms with van der Waals surface area (Å²) in [6.45, 7) is 0.452. The summed E-state index contributed by atoms with van der Waals surface area (Å²) in [6.07, 6.45) is 0.192. The first-order valence-electron chi connectivity index (χ1n) is 7.87. The number of amides is 1. The highest BCUT2D eigenvalue weighted by Gasteiger charge is 2.14. The molecular weight excluding hydrogens is 376 g/mol. The third-order valence-electron chi connectivity index (χ3n) is 3.42. The third-order valence-corrected chi connectivity index (χ3v) is 5.81. The summed E-state index contributed by atoms with van der Waals surface area (Å²) < 4.78 is 31.3. The molecule has 1 aromatic carbocycles. The van der Waals surface area contributed by atoms with Crippen molar-refractivity contribution in [3.05, 3.63) is 46.7 Å². The molecule has 0 aliphatic rings. The number of Topliss-reactive ketones (excluding diaryl/α,β-unsaturated/α-hetero) is 1. The molecule has 2 N–H and O–H groups in total. The van der Waals surface area contributed by atoms with E-state index in [-0.39, 0.29) is 42.6 Å². The van der Waals surface area contributed by atoms with E-state index < -0.39 is 10.0 Å². The predicted molar refractivity (Wildman–Crippen MR) is 100 cm³/mol. The summed E-state index contributed by atoms with van der Waals surface area (Å²) in [6, 6.07) is 9.33. The van der Waals surface area contributed by atoms with Gasteiger partial charge in [0.1, 0.15) is 0 Å². The van der Waals surface area contributed by atoms with Crippen LogP contribution in [0.5, 0.6) is 0 Å². The van der Waals surface area contributed by atoms with Gasteiger partial charge in [0.15, 0.2) is 5.78 Å². The molecule has 0 bridgehead atoms. The molecule has 9 heteroatoms. The maximum absolute atomic E-state index is 12.0. The van der Waals surface area contributed by atoms with Gasteiger partial charge >= 0.3 is 0 Å². The molecule has 26 heavy (non-hydrogen) atoms. The van der Waals surface area contributed by atoms with Crippen molar-refractivity contribution in [2.75, 3.05) is 25.6 Å². The van der Waals surface area contributed by atoms with Crippen molar-refractivity contribution in [3.8, 4) is 0 Å². The number of hydrogen-bond donors (Lipinski definition) is 2. The van der Waals surface area contributed by atoms with Crippen LogP contribution in [0, 0.1) is 0 Å². The topological polar surface area (TPSA) is 102 Å². The fraction of sp³-hybridized carbons (Fsp3) is 0.294. The van der Waals surface area contributed by atoms with Gasteiger partial charge in [-0.25, -0.2) is 13.1 Å². The minimum absolute atomic E-state index is 0.0648. The number of ketones is 1. The number of hydrogen-bond acceptors (Lipinski definition) is 6. The lowest BCUT2D eigenvalue weighted by Gasteiger charge is -2.08. The quantitative estimate of drug-likeness (QED) is 0.474. The van der Waals surface area contributed by atoms with Crippen molar-refractivity contribution >= 4 is 38.7 Å². The summed E-state index contributed by atoms with van der Waals surface area (Å²) in [4.78, 5) is 24.5. The van der Waals surface area contributed by atoms with E-state index in [4.69, 9.17) is 4.74 Å². The molecule has 1 amide bonds. The highest BCUT2D eigenvalue weighted by Crippen LogP contribution is 2.15. The minimum Gasteiger partial charge on any atom is -0.383 e. The van der Waals surface area contributed by atoms with Crippen molar-refractivity contribution in [2.24, 2.45) is 0 Å². The second kappa shape index (κ2) is 9.58. The molecular formula is C17H20N2O5S2. The number of rotatable bonds is 10. The van der Waals surface area contributed by atoms with Crippen molar-refractivity contribution < 1.29 is 22.7 Å². The molecule has 1 heterocycles. The maximum atomic E-state index is 12.0. The standard InChI is InChI=1S/C17H20N2O5S2/c1-24-11-10-18-26(22,23)14-6-4-13(5-7-14)19-17(21)9-8-15(20)16-3-2-12-25-16/h2-7,12,18H,8-11H2,1H3,(H,19,21). The number of carbonyl (C=O) groups excluding carboxylic acids is 2. The number of benzene rings is 1. The van der Waals surface area contributed by atoms with E-state index in [1.807, 2.05) is 5.38 Å². The Labute approximate surface area is 156 Å². The van der Waals surface area contributed by atoms with Crippen LogP contribution in [0.4, 0.5) is 5.69 Å². The lowest BCUT2D eigenvalue weighted by Crippen LogP contribution is -2.27. The summed E-state index contributed by atoms with van der Waals surface area (Å²) in [5.41, 5.74) is 0.467. The molecule has 0 radical (unpaired) electrons. The molecule has 140 valence electrons. The van der Waals surface area contributed by atoms with E-state index in [1.165, 1.54) is 42.7 Å². The zero-order chi connectivity index (χ0) is 19.0. The van der Waals surface area contributed by atoms with Crippen LogP contribution in [0.2, 0.25) is 0 Å². The largest absolute Gasteiger partial charge is 0.383 e. The highest BCUT2D eigenvalue weighted by atomic mass is 32.2. The fourth-order valence-electron chi connectivity index (χ4n) is 2.09. The SMILES string of the molecule is COCCNS(=O)(=O)c1ccc(NC(=O)CCC(=O)c2cccs2)cc1. The summed E-state index contributed by atoms with van der Waals surface area (Å²) >= 11 is 1.35. The van der Waals surface area contributed by atoms with Crippen molar-refractivity contribution in [2.45, 2.75) is 17.7 Å². The normalized spacial score (nSPS) is 11.3. The number of thiophene rings is 1. The molecule has 0 aliphatic heterocycles. The Bertz CT molecular complexity index is 831. The van der Waals surface area contributed by atoms with Gasteiger partial charge in [0, 0.05) is 32.2 Å². The van der Waals surface area contributed by atoms with Gasteiger partial charge in [-0.15, -0.1) is 11.3 Å². The van der Waals surface area contributed by atoms with Gasteiger partial charge < -0.3 is 10.1 Å². The average Bonchev–Trinajstić information content (AvgIpc) is 3.15. The second-order valence-corrected chi connectivity index (χ2v) is 8.08. The summed E-state index contributed by atoms with van der Waals surface area (Å²) in [5.74, 6) is -0.373. The van der Waals surface area contributed by atoms with Crippen LogP contribution in [0.3, 0.4) is 0 Å². The predicted octanol–water partition coefficient (Wildman–Crippen LogP) is 2.27. The van der Waals surface area contributed by atoms with Gasteiger partial charge in [-0.05, 0) is 35.7 Å². The third kappa shape index (κ3) is 6.03. The first-order chi connectivity index (χ1) is 12.4. The lowest BCUT2D eigenvalue weighted by molar-refractivity contribution is -0.116. The van der Waals surface area contributed by atoms with Crippen molar-refractivity contribution in [1.29, 1.82) is 0 Å². The van der Waals surface area contributed by atoms with Crippen LogP contribution in [0.15, 0.2) is 46.7 Å². The van der Waals surface area contributed by atoms with Gasteiger partial charge in [0.25, 0.3) is 0 Å². The zero-order valence-corrected chi connectivity index (χ0v) is 15.9. The van der Waals surface area contributed by atoms with E-state index in [0.29, 0.717) is 10.6 Å². The van der Waals surface area contributed by atoms with Crippen LogP contribution in [-0.2, 0) is 19.6 Å². The zero-order valence-electron chi connectivity index (χ0n) is 14.2. The molecule has 0 saturated carbocycles. The van der Waals surface area contributed by atoms with Crippen molar-refractivity contribution in [1.82, 2.24) is 4.72 Å². The highest BCUT2D eigenvalue weighted by molar-refractivity contribution is 7.89. The Kier molecular flexibility index (Phi) is 7.46. The van der Waals surface area contributed by atoms with E-state index in [9.17, 15) is 18.0 Å². The van der Waals surface area contributed by atoms with Crippen molar-refractivity contribution in [3.63, 3.8) is 0 Å². The summed E-state index contributed by atoms with van der Waals surface area (Å²) in [7, 11) is -2.12. The monoisotopic (exact) mass is 396 g/mol. The maximum Gasteiger partial charge on any atom is 0.240 e. The molecule has 0 atom stereocenters. The van der Waals surface area contributed by atoms with E-state index >= 15 is 0 Å². The Morgan fingerprint density at radius 1 is 1.12 bits per heavy atom. The minimum atomic E-state index is -3.61. The Morgan fingerprint density at radius 2 is 1.85 bits per heavy atom. The first-order valence-corrected chi connectivity index (χ1v) is 10.2. The summed E-state index contributed by atoms with van der Waals surface area (Å²) in [5, 5.41) is 4.46. The van der Waals surface area contributed by atoms with Gasteiger partial charge in [-0.3, -0.25) is 9.59 Å². The van der Waals surface area contributed by atoms with Crippen LogP contribution >= 0.6 is 11.3 Å². The number of nitrogens with one attached hydrogen (secondary N) is 2. The molecule has 2 rings (SSSR count). The Morgan fingerprint density at radius 3 is 2.46 bits per heavy atom. The first kappa shape index (κ1) is 20.2. The molecule has 7 nitrogen and oxygen atoms in total. The number of carbonyl (C=O) groups is 2. The molecule has 0 aliphatic carbocycles. The Balaban J connectivity index is 1.86. The van der Waals surface area contributed by atoms with Crippen LogP contribution in [0.25, 0.3) is 0 Å². The van der Waals surface area contributed by atoms with Gasteiger partial charge in [-0.2, -0.15) is 0 Å². The number of anilines is 1. The van der Waals surface area contributed by atoms with E-state index in [2.05, 4.69) is 10.0 Å². The molecule has 2 aromatic rings. The molecule has 0 saturated heterocycles. The fourth-order valence-corrected chi connectivity index (χ4v) is 3.80. The van der Waals surface area contributed by atoms with E-state index in [0.717, 1.165) is 0 Å². The number of methoxy groups -OCH3 is 1. The molecule has 0 unspecified atom stereocenters. The van der Waals surface area contributed by atoms with Gasteiger partial charge in [0.05, 0.1) is 16.4 Å². The van der Waals surface area contributed by atoms with Crippen LogP contribution in [-0.4, -0.2) is 40.4 Å². The second-order valence-electron chi connectivity index (χ2n) is 5.36. The van der Waals surface area contributed by atoms with Crippen LogP contribution < -0.4 is 10.0 Å². The smallest absolute Gasteiger partial charge is 0.240 e. The van der Waals surface area contributed by atoms with Gasteiger partial charge in [0.2, 0.25) is 15.9 Å². The van der Waals surface area contributed by atoms with Crippen LogP contribution in [0.1, 0.15) is 22.5 Å². The molecule has 1 aromatic heterocycles. The van der Waals surface area contributed by atoms with Gasteiger partial charge in [-0.1, -0.05) is 6.07 Å².